The van der Waals surface area contributed by atoms with Gasteiger partial charge in [-0.3, -0.25) is 9.80 Å². The lowest BCUT2D eigenvalue weighted by Gasteiger charge is -2.38. The van der Waals surface area contributed by atoms with Gasteiger partial charge in [0.1, 0.15) is 12.7 Å². The lowest BCUT2D eigenvalue weighted by molar-refractivity contribution is 0.0571. The van der Waals surface area contributed by atoms with Gasteiger partial charge in [0.25, 0.3) is 0 Å². The lowest BCUT2D eigenvalue weighted by atomic mass is 10.0. The zero-order valence-electron chi connectivity index (χ0n) is 19.7. The van der Waals surface area contributed by atoms with Crippen molar-refractivity contribution < 1.29 is 14.3 Å². The zero-order chi connectivity index (χ0) is 23.8. The quantitative estimate of drug-likeness (QED) is 0.628. The Morgan fingerprint density at radius 2 is 1.60 bits per heavy atom. The van der Waals surface area contributed by atoms with Crippen LogP contribution in [-0.4, -0.2) is 56.4 Å². The van der Waals surface area contributed by atoms with Gasteiger partial charge in [-0.2, -0.15) is 0 Å². The van der Waals surface area contributed by atoms with Gasteiger partial charge in [0.2, 0.25) is 0 Å². The molecular weight excluding hydrogens is 440 g/mol. The van der Waals surface area contributed by atoms with E-state index in [4.69, 9.17) is 15.2 Å². The van der Waals surface area contributed by atoms with E-state index in [1.54, 1.807) is 4.90 Å². The minimum absolute atomic E-state index is 0.0551. The predicted molar refractivity (Wildman–Crippen MR) is 136 cm³/mol. The number of para-hydroxylation sites is 3. The van der Waals surface area contributed by atoms with Crippen LogP contribution in [0.25, 0.3) is 0 Å². The molecule has 3 heterocycles. The van der Waals surface area contributed by atoms with Crippen molar-refractivity contribution in [1.29, 1.82) is 0 Å². The van der Waals surface area contributed by atoms with E-state index in [9.17, 15) is 4.79 Å². The first-order chi connectivity index (χ1) is 17.2. The van der Waals surface area contributed by atoms with Gasteiger partial charge in [0.05, 0.1) is 6.04 Å². The summed E-state index contributed by atoms with van der Waals surface area (Å²) in [5.41, 5.74) is 10.1. The number of primary amides is 1. The number of carbonyl (C=O) groups excluding carboxylic acids is 1. The molecule has 7 nitrogen and oxygen atoms in total. The monoisotopic (exact) mass is 470 g/mol. The van der Waals surface area contributed by atoms with Crippen LogP contribution in [0.1, 0.15) is 17.2 Å². The highest BCUT2D eigenvalue weighted by Crippen LogP contribution is 2.40. The first-order valence-corrected chi connectivity index (χ1v) is 12.3. The average Bonchev–Trinajstić information content (AvgIpc) is 3.29. The molecule has 35 heavy (non-hydrogen) atoms. The molecule has 6 rings (SSSR count). The van der Waals surface area contributed by atoms with Crippen molar-refractivity contribution in [3.8, 4) is 11.5 Å². The van der Waals surface area contributed by atoms with Gasteiger partial charge in [-0.15, -0.1) is 0 Å². The Hall–Kier alpha value is -3.71. The van der Waals surface area contributed by atoms with Crippen molar-refractivity contribution in [2.75, 3.05) is 49.1 Å². The van der Waals surface area contributed by atoms with Crippen LogP contribution < -0.4 is 25.0 Å². The molecule has 0 aromatic heterocycles. The molecule has 2 N–H and O–H groups in total. The lowest BCUT2D eigenvalue weighted by Crippen LogP contribution is -2.50. The number of piperazine rings is 1. The van der Waals surface area contributed by atoms with E-state index < -0.39 is 6.03 Å². The van der Waals surface area contributed by atoms with Crippen LogP contribution in [0.4, 0.5) is 16.2 Å². The minimum atomic E-state index is -0.406. The molecule has 180 valence electrons. The zero-order valence-corrected chi connectivity index (χ0v) is 19.7. The number of hydrogen-bond acceptors (Lipinski definition) is 5. The second kappa shape index (κ2) is 9.15. The van der Waals surface area contributed by atoms with Gasteiger partial charge in [-0.1, -0.05) is 42.5 Å². The summed E-state index contributed by atoms with van der Waals surface area (Å²) in [7, 11) is 0. The van der Waals surface area contributed by atoms with E-state index in [1.165, 1.54) is 5.69 Å². The van der Waals surface area contributed by atoms with E-state index >= 15 is 0 Å². The molecule has 3 aromatic rings. The summed E-state index contributed by atoms with van der Waals surface area (Å²) < 4.78 is 12.0. The van der Waals surface area contributed by atoms with Gasteiger partial charge in [-0.25, -0.2) is 4.79 Å². The maximum Gasteiger partial charge on any atom is 0.319 e. The molecule has 7 heteroatoms. The number of carbonyl (C=O) groups is 1. The first kappa shape index (κ1) is 21.8. The summed E-state index contributed by atoms with van der Waals surface area (Å²) in [5.74, 6) is 1.67. The fraction of sp³-hybridized carbons (Fsp3) is 0.321. The van der Waals surface area contributed by atoms with Crippen molar-refractivity contribution in [2.45, 2.75) is 18.6 Å². The first-order valence-electron chi connectivity index (χ1n) is 12.3. The van der Waals surface area contributed by atoms with Crippen molar-refractivity contribution in [3.05, 3.63) is 83.9 Å². The number of nitrogens with zero attached hydrogens (tertiary/aromatic N) is 3. The molecule has 0 radical (unpaired) electrons. The summed E-state index contributed by atoms with van der Waals surface area (Å²) in [5, 5.41) is 0. The van der Waals surface area contributed by atoms with Crippen molar-refractivity contribution in [1.82, 2.24) is 4.90 Å². The number of amides is 2. The van der Waals surface area contributed by atoms with Crippen LogP contribution >= 0.6 is 0 Å². The molecule has 3 aliphatic heterocycles. The second-order valence-corrected chi connectivity index (χ2v) is 9.43. The molecule has 0 bridgehead atoms. The summed E-state index contributed by atoms with van der Waals surface area (Å²) >= 11 is 0. The Labute approximate surface area is 205 Å². The standard InChI is InChI=1S/C28H30N4O3/c29-28(33)32-24-6-2-1-5-21(24)17-25(32)20-9-11-22(12-10-20)31-15-13-30(14-16-31)18-23-19-34-26-7-3-4-8-27(26)35-23/h1-12,23,25H,13-19H2,(H2,29,33). The largest absolute Gasteiger partial charge is 0.486 e. The van der Waals surface area contributed by atoms with Crippen molar-refractivity contribution in [2.24, 2.45) is 5.73 Å². The summed E-state index contributed by atoms with van der Waals surface area (Å²) in [6.07, 6.45) is 0.841. The van der Waals surface area contributed by atoms with Crippen molar-refractivity contribution in [3.63, 3.8) is 0 Å². The maximum absolute atomic E-state index is 12.2. The van der Waals surface area contributed by atoms with Gasteiger partial charge in [0, 0.05) is 44.1 Å². The summed E-state index contributed by atoms with van der Waals surface area (Å²) in [4.78, 5) is 18.8. The minimum Gasteiger partial charge on any atom is -0.486 e. The molecular formula is C28H30N4O3. The fourth-order valence-corrected chi connectivity index (χ4v) is 5.46. The van der Waals surface area contributed by atoms with Gasteiger partial charge in [-0.05, 0) is 47.9 Å². The number of hydrogen-bond donors (Lipinski definition) is 1. The summed E-state index contributed by atoms with van der Waals surface area (Å²) in [6.45, 7) is 5.35. The average molecular weight is 471 g/mol. The van der Waals surface area contributed by atoms with Gasteiger partial charge >= 0.3 is 6.03 Å². The third kappa shape index (κ3) is 4.28. The van der Waals surface area contributed by atoms with Crippen molar-refractivity contribution >= 4 is 17.4 Å². The normalized spacial score (nSPS) is 21.6. The number of ether oxygens (including phenoxy) is 2. The van der Waals surface area contributed by atoms with Crippen LogP contribution in [0.15, 0.2) is 72.8 Å². The Morgan fingerprint density at radius 3 is 2.37 bits per heavy atom. The number of fused-ring (bicyclic) bond motifs is 2. The van der Waals surface area contributed by atoms with E-state index in [1.807, 2.05) is 42.5 Å². The molecule has 2 atom stereocenters. The Balaban J connectivity index is 1.06. The van der Waals surface area contributed by atoms with Gasteiger partial charge < -0.3 is 20.1 Å². The van der Waals surface area contributed by atoms with Crippen LogP contribution in [0.5, 0.6) is 11.5 Å². The third-order valence-corrected chi connectivity index (χ3v) is 7.26. The Kier molecular flexibility index (Phi) is 5.70. The number of nitrogens with two attached hydrogens (primary N) is 1. The topological polar surface area (TPSA) is 71.3 Å². The molecule has 1 saturated heterocycles. The number of anilines is 2. The Bertz CT molecular complexity index is 1210. The highest BCUT2D eigenvalue weighted by atomic mass is 16.6. The molecule has 0 saturated carbocycles. The fourth-order valence-electron chi connectivity index (χ4n) is 5.46. The highest BCUT2D eigenvalue weighted by Gasteiger charge is 2.33. The molecule has 3 aliphatic rings. The van der Waals surface area contributed by atoms with E-state index in [2.05, 4.69) is 40.1 Å². The van der Waals surface area contributed by atoms with Crippen LogP contribution in [0, 0.1) is 0 Å². The van der Waals surface area contributed by atoms with Crippen LogP contribution in [0.2, 0.25) is 0 Å². The predicted octanol–water partition coefficient (Wildman–Crippen LogP) is 3.83. The van der Waals surface area contributed by atoms with Crippen LogP contribution in [-0.2, 0) is 6.42 Å². The van der Waals surface area contributed by atoms with E-state index in [0.717, 1.165) is 67.5 Å². The second-order valence-electron chi connectivity index (χ2n) is 9.43. The Morgan fingerprint density at radius 1 is 0.886 bits per heavy atom. The summed E-state index contributed by atoms with van der Waals surface area (Å²) in [6, 6.07) is 24.0. The molecule has 2 unspecified atom stereocenters. The highest BCUT2D eigenvalue weighted by molar-refractivity contribution is 5.94. The SMILES string of the molecule is NC(=O)N1c2ccccc2CC1c1ccc(N2CCN(CC3COc4ccccc4O3)CC2)cc1. The molecule has 0 spiro atoms. The van der Waals surface area contributed by atoms with E-state index in [-0.39, 0.29) is 12.1 Å². The third-order valence-electron chi connectivity index (χ3n) is 7.26. The number of rotatable bonds is 4. The molecule has 0 aliphatic carbocycles. The maximum atomic E-state index is 12.2. The van der Waals surface area contributed by atoms with Gasteiger partial charge in [0.15, 0.2) is 11.5 Å². The molecule has 1 fully saturated rings. The smallest absolute Gasteiger partial charge is 0.319 e. The van der Waals surface area contributed by atoms with E-state index in [0.29, 0.717) is 6.61 Å². The number of urea groups is 1. The number of benzene rings is 3. The molecule has 3 aromatic carbocycles. The van der Waals surface area contributed by atoms with Crippen LogP contribution in [0.3, 0.4) is 0 Å². The molecule has 2 amide bonds.